The molecule has 0 aromatic heterocycles. The van der Waals surface area contributed by atoms with Crippen LogP contribution in [0.3, 0.4) is 0 Å². The summed E-state index contributed by atoms with van der Waals surface area (Å²) >= 11 is 15.9. The Hall–Kier alpha value is -0.220. The van der Waals surface area contributed by atoms with Crippen LogP contribution in [0.2, 0.25) is 10.0 Å². The summed E-state index contributed by atoms with van der Waals surface area (Å²) in [5.41, 5.74) is 2.23. The highest BCUT2D eigenvalue weighted by atomic mass is 79.9. The predicted molar refractivity (Wildman–Crippen MR) is 96.7 cm³/mol. The number of likely N-dealkylation sites (tertiary alicyclic amines) is 1. The van der Waals surface area contributed by atoms with E-state index in [1.165, 1.54) is 5.57 Å². The maximum absolute atomic E-state index is 6.27. The molecule has 0 bridgehead atoms. The molecule has 1 fully saturated rings. The van der Waals surface area contributed by atoms with Crippen molar-refractivity contribution in [1.29, 1.82) is 0 Å². The first-order valence-corrected chi connectivity index (χ1v) is 8.77. The van der Waals surface area contributed by atoms with Crippen LogP contribution >= 0.6 is 39.1 Å². The van der Waals surface area contributed by atoms with Gasteiger partial charge in [-0.05, 0) is 38.8 Å². The smallest absolute Gasteiger partial charge is 0.0721 e. The third-order valence-electron chi connectivity index (χ3n) is 3.70. The predicted octanol–water partition coefficient (Wildman–Crippen LogP) is 5.60. The van der Waals surface area contributed by atoms with Crippen LogP contribution in [0, 0.1) is 0 Å². The van der Waals surface area contributed by atoms with Crippen molar-refractivity contribution < 1.29 is 0 Å². The maximum Gasteiger partial charge on any atom is 0.0721 e. The van der Waals surface area contributed by atoms with Gasteiger partial charge in [0, 0.05) is 30.1 Å². The van der Waals surface area contributed by atoms with E-state index in [1.807, 2.05) is 12.1 Å². The Bertz CT molecular complexity index is 496. The lowest BCUT2D eigenvalue weighted by Gasteiger charge is -2.32. The number of nitrogens with one attached hydrogen (secondary N) is 1. The number of nitrogens with zero attached hydrogens (tertiary/aromatic N) is 1. The van der Waals surface area contributed by atoms with Crippen LogP contribution in [0.5, 0.6) is 0 Å². The molecule has 0 amide bonds. The van der Waals surface area contributed by atoms with E-state index >= 15 is 0 Å². The minimum absolute atomic E-state index is 0.434. The van der Waals surface area contributed by atoms with E-state index in [2.05, 4.69) is 46.1 Å². The largest absolute Gasteiger partial charge is 0.380 e. The standard InChI is InChI=1S/C16H21BrCl2N2/c1-11(2)3-6-21-7-4-13(5-8-21)20-16-14(18)9-12(17)10-15(16)19/h3,9-10,13,20H,4-8H2,1-2H3. The Morgan fingerprint density at radius 3 is 2.38 bits per heavy atom. The highest BCUT2D eigenvalue weighted by molar-refractivity contribution is 9.10. The van der Waals surface area contributed by atoms with Gasteiger partial charge in [-0.15, -0.1) is 0 Å². The van der Waals surface area contributed by atoms with E-state index in [4.69, 9.17) is 23.2 Å². The summed E-state index contributed by atoms with van der Waals surface area (Å²) in [5, 5.41) is 4.84. The fraction of sp³-hybridized carbons (Fsp3) is 0.500. The molecule has 1 aromatic rings. The van der Waals surface area contributed by atoms with E-state index in [1.54, 1.807) is 0 Å². The number of rotatable bonds is 4. The van der Waals surface area contributed by atoms with E-state index < -0.39 is 0 Å². The number of hydrogen-bond acceptors (Lipinski definition) is 2. The van der Waals surface area contributed by atoms with E-state index in [0.29, 0.717) is 16.1 Å². The minimum atomic E-state index is 0.434. The molecule has 2 nitrogen and oxygen atoms in total. The van der Waals surface area contributed by atoms with Crippen molar-refractivity contribution in [3.63, 3.8) is 0 Å². The van der Waals surface area contributed by atoms with Crippen LogP contribution < -0.4 is 5.32 Å². The van der Waals surface area contributed by atoms with Crippen LogP contribution in [0.15, 0.2) is 28.3 Å². The Balaban J connectivity index is 1.91. The van der Waals surface area contributed by atoms with Gasteiger partial charge in [0.25, 0.3) is 0 Å². The molecule has 1 aromatic carbocycles. The number of halogens is 3. The molecule has 1 saturated heterocycles. The van der Waals surface area contributed by atoms with Gasteiger partial charge in [0.15, 0.2) is 0 Å². The van der Waals surface area contributed by atoms with Crippen molar-refractivity contribution in [3.05, 3.63) is 38.3 Å². The molecule has 1 heterocycles. The zero-order valence-electron chi connectivity index (χ0n) is 12.4. The average molecular weight is 392 g/mol. The molecule has 116 valence electrons. The van der Waals surface area contributed by atoms with Crippen LogP contribution in [0.1, 0.15) is 26.7 Å². The Morgan fingerprint density at radius 1 is 1.29 bits per heavy atom. The summed E-state index contributed by atoms with van der Waals surface area (Å²) < 4.78 is 0.902. The Labute approximate surface area is 145 Å². The molecular weight excluding hydrogens is 371 g/mol. The number of anilines is 1. The summed E-state index contributed by atoms with van der Waals surface area (Å²) in [7, 11) is 0. The van der Waals surface area contributed by atoms with Gasteiger partial charge in [0.1, 0.15) is 0 Å². The molecule has 21 heavy (non-hydrogen) atoms. The number of benzene rings is 1. The van der Waals surface area contributed by atoms with E-state index in [9.17, 15) is 0 Å². The Morgan fingerprint density at radius 2 is 1.86 bits per heavy atom. The summed E-state index contributed by atoms with van der Waals surface area (Å²) in [6.45, 7) is 7.55. The molecule has 0 atom stereocenters. The average Bonchev–Trinajstić information content (AvgIpc) is 2.41. The van der Waals surface area contributed by atoms with Crippen LogP contribution in [-0.2, 0) is 0 Å². The van der Waals surface area contributed by atoms with Gasteiger partial charge in [-0.3, -0.25) is 4.90 Å². The first kappa shape index (κ1) is 17.1. The second-order valence-electron chi connectivity index (χ2n) is 5.75. The molecule has 0 spiro atoms. The number of piperidine rings is 1. The molecule has 0 unspecified atom stereocenters. The van der Waals surface area contributed by atoms with Crippen molar-refractivity contribution in [2.75, 3.05) is 25.0 Å². The number of hydrogen-bond donors (Lipinski definition) is 1. The van der Waals surface area contributed by atoms with E-state index in [0.717, 1.165) is 42.6 Å². The lowest BCUT2D eigenvalue weighted by Crippen LogP contribution is -2.39. The quantitative estimate of drug-likeness (QED) is 0.672. The second-order valence-corrected chi connectivity index (χ2v) is 7.48. The molecule has 5 heteroatoms. The molecule has 0 aliphatic carbocycles. The minimum Gasteiger partial charge on any atom is -0.380 e. The van der Waals surface area contributed by atoms with Gasteiger partial charge in [-0.2, -0.15) is 0 Å². The number of allylic oxidation sites excluding steroid dienone is 1. The van der Waals surface area contributed by atoms with Gasteiger partial charge >= 0.3 is 0 Å². The summed E-state index contributed by atoms with van der Waals surface area (Å²) in [4.78, 5) is 2.48. The van der Waals surface area contributed by atoms with Crippen molar-refractivity contribution >= 4 is 44.8 Å². The zero-order chi connectivity index (χ0) is 15.4. The normalized spacial score (nSPS) is 16.8. The SMILES string of the molecule is CC(C)=CCN1CCC(Nc2c(Cl)cc(Br)cc2Cl)CC1. The molecule has 1 aliphatic rings. The van der Waals surface area contributed by atoms with Crippen LogP contribution in [-0.4, -0.2) is 30.6 Å². The molecule has 0 saturated carbocycles. The fourth-order valence-corrected chi connectivity index (χ4v) is 3.77. The fourth-order valence-electron chi connectivity index (χ4n) is 2.46. The van der Waals surface area contributed by atoms with Gasteiger partial charge in [0.2, 0.25) is 0 Å². The van der Waals surface area contributed by atoms with E-state index in [-0.39, 0.29) is 0 Å². The monoisotopic (exact) mass is 390 g/mol. The highest BCUT2D eigenvalue weighted by Gasteiger charge is 2.20. The van der Waals surface area contributed by atoms with Crippen molar-refractivity contribution in [2.45, 2.75) is 32.7 Å². The second kappa shape index (κ2) is 7.87. The molecule has 2 rings (SSSR count). The lowest BCUT2D eigenvalue weighted by molar-refractivity contribution is 0.240. The van der Waals surface area contributed by atoms with Gasteiger partial charge < -0.3 is 5.32 Å². The maximum atomic E-state index is 6.27. The third-order valence-corrected chi connectivity index (χ3v) is 4.75. The Kier molecular flexibility index (Phi) is 6.42. The molecule has 1 N–H and O–H groups in total. The van der Waals surface area contributed by atoms with Crippen LogP contribution in [0.4, 0.5) is 5.69 Å². The molecule has 1 aliphatic heterocycles. The van der Waals surface area contributed by atoms with Gasteiger partial charge in [-0.25, -0.2) is 0 Å². The van der Waals surface area contributed by atoms with Crippen molar-refractivity contribution in [1.82, 2.24) is 4.90 Å². The van der Waals surface area contributed by atoms with Crippen molar-refractivity contribution in [3.8, 4) is 0 Å². The first-order valence-electron chi connectivity index (χ1n) is 7.22. The molecular formula is C16H21BrCl2N2. The van der Waals surface area contributed by atoms with Gasteiger partial charge in [0.05, 0.1) is 15.7 Å². The lowest BCUT2D eigenvalue weighted by atomic mass is 10.0. The first-order chi connectivity index (χ1) is 9.95. The van der Waals surface area contributed by atoms with Crippen LogP contribution in [0.25, 0.3) is 0 Å². The highest BCUT2D eigenvalue weighted by Crippen LogP contribution is 2.35. The van der Waals surface area contributed by atoms with Crippen molar-refractivity contribution in [2.24, 2.45) is 0 Å². The van der Waals surface area contributed by atoms with Gasteiger partial charge in [-0.1, -0.05) is 50.8 Å². The molecule has 0 radical (unpaired) electrons. The topological polar surface area (TPSA) is 15.3 Å². The summed E-state index contributed by atoms with van der Waals surface area (Å²) in [6, 6.07) is 4.18. The zero-order valence-corrected chi connectivity index (χ0v) is 15.5. The third kappa shape index (κ3) is 5.17. The summed E-state index contributed by atoms with van der Waals surface area (Å²) in [6.07, 6.45) is 4.51. The summed E-state index contributed by atoms with van der Waals surface area (Å²) in [5.74, 6) is 0.